The van der Waals surface area contributed by atoms with Gasteiger partial charge in [-0.05, 0) is 19.8 Å². The molecule has 0 aromatic heterocycles. The molecule has 0 unspecified atom stereocenters. The average molecular weight is 333 g/mol. The first-order valence-electron chi connectivity index (χ1n) is 6.94. The molecule has 1 heterocycles. The van der Waals surface area contributed by atoms with Crippen LogP contribution in [0.1, 0.15) is 19.8 Å². The van der Waals surface area contributed by atoms with Crippen molar-refractivity contribution in [1.82, 2.24) is 4.72 Å². The molecular formula is C14H20FNO5S. The molecule has 2 rings (SSSR count). The van der Waals surface area contributed by atoms with E-state index in [1.807, 2.05) is 0 Å². The number of nitrogens with one attached hydrogen (secondary N) is 1. The summed E-state index contributed by atoms with van der Waals surface area (Å²) in [5.41, 5.74) is 0. The van der Waals surface area contributed by atoms with Gasteiger partial charge in [0.15, 0.2) is 11.5 Å². The summed E-state index contributed by atoms with van der Waals surface area (Å²) in [7, 11) is -1.32. The lowest BCUT2D eigenvalue weighted by Crippen LogP contribution is -2.41. The van der Waals surface area contributed by atoms with Crippen molar-refractivity contribution in [3.8, 4) is 11.5 Å². The Morgan fingerprint density at radius 1 is 1.32 bits per heavy atom. The Kier molecular flexibility index (Phi) is 5.25. The molecule has 8 heteroatoms. The van der Waals surface area contributed by atoms with E-state index in [1.165, 1.54) is 14.2 Å². The van der Waals surface area contributed by atoms with Crippen LogP contribution in [0.25, 0.3) is 0 Å². The fourth-order valence-electron chi connectivity index (χ4n) is 2.42. The van der Waals surface area contributed by atoms with E-state index in [2.05, 4.69) is 4.72 Å². The van der Waals surface area contributed by atoms with Crippen LogP contribution < -0.4 is 14.2 Å². The Bertz CT molecular complexity index is 628. The molecule has 1 aromatic rings. The summed E-state index contributed by atoms with van der Waals surface area (Å²) in [6, 6.07) is 1.66. The predicted molar refractivity (Wildman–Crippen MR) is 78.3 cm³/mol. The highest BCUT2D eigenvalue weighted by Gasteiger charge is 2.29. The highest BCUT2D eigenvalue weighted by Crippen LogP contribution is 2.32. The molecule has 1 aliphatic rings. The summed E-state index contributed by atoms with van der Waals surface area (Å²) in [5, 5.41) is 0. The monoisotopic (exact) mass is 333 g/mol. The smallest absolute Gasteiger partial charge is 0.243 e. The number of methoxy groups -OCH3 is 2. The minimum atomic E-state index is -4.03. The number of rotatable bonds is 6. The fourth-order valence-corrected chi connectivity index (χ4v) is 3.77. The van der Waals surface area contributed by atoms with Gasteiger partial charge in [0.2, 0.25) is 10.0 Å². The standard InChI is InChI=1S/C14H20FNO5S/c1-9(11-5-4-6-21-11)16-22(17,18)14-8-13(20-3)12(19-2)7-10(14)15/h7-9,11,16H,4-6H2,1-3H3/t9-,11-/m0/s1. The molecular weight excluding hydrogens is 313 g/mol. The van der Waals surface area contributed by atoms with E-state index >= 15 is 0 Å². The third-order valence-electron chi connectivity index (χ3n) is 3.59. The first-order valence-corrected chi connectivity index (χ1v) is 8.43. The van der Waals surface area contributed by atoms with Crippen molar-refractivity contribution < 1.29 is 27.0 Å². The summed E-state index contributed by atoms with van der Waals surface area (Å²) >= 11 is 0. The third-order valence-corrected chi connectivity index (χ3v) is 5.17. The zero-order valence-corrected chi connectivity index (χ0v) is 13.6. The van der Waals surface area contributed by atoms with Crippen molar-refractivity contribution in [2.45, 2.75) is 36.8 Å². The number of halogens is 1. The van der Waals surface area contributed by atoms with E-state index in [0.29, 0.717) is 6.61 Å². The lowest BCUT2D eigenvalue weighted by atomic mass is 10.1. The van der Waals surface area contributed by atoms with Crippen molar-refractivity contribution in [1.29, 1.82) is 0 Å². The first-order chi connectivity index (χ1) is 10.4. The van der Waals surface area contributed by atoms with Crippen LogP contribution in [0.15, 0.2) is 17.0 Å². The average Bonchev–Trinajstić information content (AvgIpc) is 3.00. The molecule has 124 valence electrons. The summed E-state index contributed by atoms with van der Waals surface area (Å²) in [6.07, 6.45) is 1.47. The topological polar surface area (TPSA) is 73.9 Å². The van der Waals surface area contributed by atoms with Crippen LogP contribution in [0.2, 0.25) is 0 Å². The van der Waals surface area contributed by atoms with E-state index in [1.54, 1.807) is 6.92 Å². The van der Waals surface area contributed by atoms with Crippen LogP contribution >= 0.6 is 0 Å². The van der Waals surface area contributed by atoms with Gasteiger partial charge < -0.3 is 14.2 Å². The summed E-state index contributed by atoms with van der Waals surface area (Å²) < 4.78 is 56.7. The molecule has 6 nitrogen and oxygen atoms in total. The molecule has 0 spiro atoms. The Hall–Kier alpha value is -1.38. The van der Waals surface area contributed by atoms with Crippen LogP contribution in [0.5, 0.6) is 11.5 Å². The van der Waals surface area contributed by atoms with Gasteiger partial charge in [0.1, 0.15) is 10.7 Å². The van der Waals surface area contributed by atoms with E-state index in [-0.39, 0.29) is 17.6 Å². The van der Waals surface area contributed by atoms with Gasteiger partial charge in [0, 0.05) is 24.8 Å². The van der Waals surface area contributed by atoms with Gasteiger partial charge in [-0.15, -0.1) is 0 Å². The second-order valence-electron chi connectivity index (χ2n) is 5.10. The molecule has 2 atom stereocenters. The Morgan fingerprint density at radius 3 is 2.50 bits per heavy atom. The number of hydrogen-bond acceptors (Lipinski definition) is 5. The van der Waals surface area contributed by atoms with Gasteiger partial charge >= 0.3 is 0 Å². The minimum Gasteiger partial charge on any atom is -0.493 e. The Balaban J connectivity index is 2.28. The van der Waals surface area contributed by atoms with E-state index in [9.17, 15) is 12.8 Å². The normalized spacial score (nSPS) is 19.9. The maximum Gasteiger partial charge on any atom is 0.243 e. The predicted octanol–water partition coefficient (Wildman–Crippen LogP) is 1.69. The highest BCUT2D eigenvalue weighted by molar-refractivity contribution is 7.89. The highest BCUT2D eigenvalue weighted by atomic mass is 32.2. The molecule has 1 aromatic carbocycles. The van der Waals surface area contributed by atoms with Gasteiger partial charge in [-0.3, -0.25) is 0 Å². The van der Waals surface area contributed by atoms with Crippen molar-refractivity contribution in [3.05, 3.63) is 17.9 Å². The van der Waals surface area contributed by atoms with Gasteiger partial charge in [-0.2, -0.15) is 0 Å². The zero-order chi connectivity index (χ0) is 16.3. The number of ether oxygens (including phenoxy) is 3. The Labute approximate surface area is 129 Å². The van der Waals surface area contributed by atoms with E-state index in [0.717, 1.165) is 25.0 Å². The van der Waals surface area contributed by atoms with Crippen LogP contribution in [-0.2, 0) is 14.8 Å². The third kappa shape index (κ3) is 3.50. The molecule has 0 aliphatic carbocycles. The van der Waals surface area contributed by atoms with Crippen LogP contribution in [0.3, 0.4) is 0 Å². The minimum absolute atomic E-state index is 0.131. The SMILES string of the molecule is COc1cc(F)c(S(=O)(=O)N[C@@H](C)[C@@H]2CCCO2)cc1OC. The maximum absolute atomic E-state index is 14.1. The lowest BCUT2D eigenvalue weighted by molar-refractivity contribution is 0.0902. The maximum atomic E-state index is 14.1. The molecule has 1 saturated heterocycles. The molecule has 22 heavy (non-hydrogen) atoms. The zero-order valence-electron chi connectivity index (χ0n) is 12.8. The quantitative estimate of drug-likeness (QED) is 0.857. The van der Waals surface area contributed by atoms with Crippen molar-refractivity contribution in [2.75, 3.05) is 20.8 Å². The summed E-state index contributed by atoms with van der Waals surface area (Å²) in [4.78, 5) is -0.477. The van der Waals surface area contributed by atoms with Gasteiger partial charge in [-0.1, -0.05) is 0 Å². The second kappa shape index (κ2) is 6.80. The number of sulfonamides is 1. The Morgan fingerprint density at radius 2 is 1.95 bits per heavy atom. The first kappa shape index (κ1) is 17.0. The van der Waals surface area contributed by atoms with Gasteiger partial charge in [-0.25, -0.2) is 17.5 Å². The molecule has 1 aliphatic heterocycles. The fraction of sp³-hybridized carbons (Fsp3) is 0.571. The molecule has 0 radical (unpaired) electrons. The molecule has 0 amide bonds. The van der Waals surface area contributed by atoms with Crippen molar-refractivity contribution in [2.24, 2.45) is 0 Å². The number of hydrogen-bond donors (Lipinski definition) is 1. The van der Waals surface area contributed by atoms with Crippen LogP contribution in [-0.4, -0.2) is 41.4 Å². The van der Waals surface area contributed by atoms with Gasteiger partial charge in [0.25, 0.3) is 0 Å². The second-order valence-corrected chi connectivity index (χ2v) is 6.78. The molecule has 0 bridgehead atoms. The van der Waals surface area contributed by atoms with E-state index in [4.69, 9.17) is 14.2 Å². The lowest BCUT2D eigenvalue weighted by Gasteiger charge is -2.20. The van der Waals surface area contributed by atoms with E-state index < -0.39 is 26.8 Å². The number of benzene rings is 1. The van der Waals surface area contributed by atoms with Crippen molar-refractivity contribution >= 4 is 10.0 Å². The van der Waals surface area contributed by atoms with Crippen LogP contribution in [0, 0.1) is 5.82 Å². The van der Waals surface area contributed by atoms with Crippen LogP contribution in [0.4, 0.5) is 4.39 Å². The molecule has 1 N–H and O–H groups in total. The summed E-state index contributed by atoms with van der Waals surface area (Å²) in [6.45, 7) is 2.31. The molecule has 0 saturated carbocycles. The van der Waals surface area contributed by atoms with Crippen molar-refractivity contribution in [3.63, 3.8) is 0 Å². The summed E-state index contributed by atoms with van der Waals surface area (Å²) in [5.74, 6) is -0.621. The van der Waals surface area contributed by atoms with Gasteiger partial charge in [0.05, 0.1) is 20.3 Å². The largest absolute Gasteiger partial charge is 0.493 e. The molecule has 1 fully saturated rings.